The summed E-state index contributed by atoms with van der Waals surface area (Å²) >= 11 is 6.30. The van der Waals surface area contributed by atoms with Crippen molar-refractivity contribution in [2.75, 3.05) is 33.4 Å². The Labute approximate surface area is 132 Å². The molecule has 2 rings (SSSR count). The van der Waals surface area contributed by atoms with E-state index in [0.717, 1.165) is 61.8 Å². The highest BCUT2D eigenvalue weighted by Gasteiger charge is 2.21. The molecule has 1 saturated heterocycles. The molecular formula is C16H25ClN2O2. The van der Waals surface area contributed by atoms with Crippen molar-refractivity contribution < 1.29 is 9.47 Å². The zero-order chi connectivity index (χ0) is 15.1. The van der Waals surface area contributed by atoms with Crippen molar-refractivity contribution >= 4 is 11.6 Å². The average Bonchev–Trinajstić information content (AvgIpc) is 2.51. The average molecular weight is 313 g/mol. The van der Waals surface area contributed by atoms with Gasteiger partial charge in [0.15, 0.2) is 0 Å². The molecule has 1 aliphatic rings. The fraction of sp³-hybridized carbons (Fsp3) is 0.625. The van der Waals surface area contributed by atoms with Gasteiger partial charge in [0, 0.05) is 36.8 Å². The first-order chi connectivity index (χ1) is 10.2. The van der Waals surface area contributed by atoms with Gasteiger partial charge < -0.3 is 15.2 Å². The third-order valence-electron chi connectivity index (χ3n) is 3.91. The molecule has 4 nitrogen and oxygen atoms in total. The van der Waals surface area contributed by atoms with Crippen LogP contribution in [0.2, 0.25) is 5.02 Å². The summed E-state index contributed by atoms with van der Waals surface area (Å²) < 4.78 is 11.2. The van der Waals surface area contributed by atoms with E-state index in [0.29, 0.717) is 12.6 Å². The van der Waals surface area contributed by atoms with Crippen molar-refractivity contribution in [3.63, 3.8) is 0 Å². The number of ether oxygens (including phenoxy) is 2. The summed E-state index contributed by atoms with van der Waals surface area (Å²) in [6, 6.07) is 5.80. The Hall–Kier alpha value is -0.810. The van der Waals surface area contributed by atoms with Crippen LogP contribution in [0, 0.1) is 0 Å². The number of methoxy groups -OCH3 is 1. The van der Waals surface area contributed by atoms with Gasteiger partial charge in [-0.25, -0.2) is 0 Å². The van der Waals surface area contributed by atoms with Crippen LogP contribution in [0.3, 0.4) is 0 Å². The van der Waals surface area contributed by atoms with Gasteiger partial charge in [0.25, 0.3) is 0 Å². The molecule has 2 N–H and O–H groups in total. The van der Waals surface area contributed by atoms with E-state index in [1.54, 1.807) is 7.11 Å². The van der Waals surface area contributed by atoms with Gasteiger partial charge in [-0.05, 0) is 37.9 Å². The number of benzene rings is 1. The van der Waals surface area contributed by atoms with Gasteiger partial charge in [0.1, 0.15) is 5.75 Å². The normalized spacial score (nSPS) is 17.1. The van der Waals surface area contributed by atoms with Crippen LogP contribution in [0.4, 0.5) is 0 Å². The van der Waals surface area contributed by atoms with Crippen molar-refractivity contribution in [3.8, 4) is 5.75 Å². The molecule has 0 aromatic heterocycles. The molecule has 1 aromatic carbocycles. The molecule has 1 aliphatic heterocycles. The number of rotatable bonds is 7. The van der Waals surface area contributed by atoms with E-state index in [1.165, 1.54) is 0 Å². The van der Waals surface area contributed by atoms with Crippen LogP contribution in [0.15, 0.2) is 18.2 Å². The molecule has 0 bridgehead atoms. The van der Waals surface area contributed by atoms with E-state index >= 15 is 0 Å². The van der Waals surface area contributed by atoms with Crippen LogP contribution in [0.5, 0.6) is 5.75 Å². The molecule has 1 aromatic rings. The first-order valence-corrected chi connectivity index (χ1v) is 7.97. The minimum Gasteiger partial charge on any atom is -0.496 e. The lowest BCUT2D eigenvalue weighted by Gasteiger charge is -2.32. The van der Waals surface area contributed by atoms with Crippen LogP contribution < -0.4 is 10.5 Å². The number of piperidine rings is 1. The predicted octanol–water partition coefficient (Wildman–Crippen LogP) is 2.68. The molecule has 0 saturated carbocycles. The van der Waals surface area contributed by atoms with E-state index in [9.17, 15) is 0 Å². The summed E-state index contributed by atoms with van der Waals surface area (Å²) in [4.78, 5) is 2.41. The standard InChI is InChI=1S/C16H25ClN2O2/c1-20-16-5-2-4-15(17)14(16)12-19-9-6-13(7-10-19)21-11-3-8-18/h2,4-5,13H,3,6-12,18H2,1H3. The summed E-state index contributed by atoms with van der Waals surface area (Å²) in [6.07, 6.45) is 3.45. The highest BCUT2D eigenvalue weighted by atomic mass is 35.5. The Morgan fingerprint density at radius 2 is 2.10 bits per heavy atom. The minimum absolute atomic E-state index is 0.376. The first-order valence-electron chi connectivity index (χ1n) is 7.60. The van der Waals surface area contributed by atoms with E-state index in [4.69, 9.17) is 26.8 Å². The lowest BCUT2D eigenvalue weighted by Crippen LogP contribution is -2.37. The van der Waals surface area contributed by atoms with E-state index in [1.807, 2.05) is 18.2 Å². The third kappa shape index (κ3) is 4.85. The maximum atomic E-state index is 6.30. The zero-order valence-electron chi connectivity index (χ0n) is 12.7. The molecule has 0 atom stereocenters. The molecule has 21 heavy (non-hydrogen) atoms. The molecule has 0 amide bonds. The van der Waals surface area contributed by atoms with Gasteiger partial charge >= 0.3 is 0 Å². The number of hydrogen-bond donors (Lipinski definition) is 1. The summed E-state index contributed by atoms with van der Waals surface area (Å²) in [5.74, 6) is 0.865. The van der Waals surface area contributed by atoms with E-state index in [-0.39, 0.29) is 0 Å². The topological polar surface area (TPSA) is 47.7 Å². The Kier molecular flexibility index (Phi) is 6.77. The van der Waals surface area contributed by atoms with Gasteiger partial charge in [-0.15, -0.1) is 0 Å². The molecule has 1 fully saturated rings. The van der Waals surface area contributed by atoms with Crippen molar-refractivity contribution in [1.29, 1.82) is 0 Å². The summed E-state index contributed by atoms with van der Waals surface area (Å²) in [7, 11) is 1.69. The van der Waals surface area contributed by atoms with Gasteiger partial charge in [0.05, 0.1) is 13.2 Å². The van der Waals surface area contributed by atoms with Crippen molar-refractivity contribution in [2.24, 2.45) is 5.73 Å². The number of likely N-dealkylation sites (tertiary alicyclic amines) is 1. The zero-order valence-corrected chi connectivity index (χ0v) is 13.4. The van der Waals surface area contributed by atoms with Crippen LogP contribution in [0.1, 0.15) is 24.8 Å². The van der Waals surface area contributed by atoms with E-state index in [2.05, 4.69) is 4.90 Å². The minimum atomic E-state index is 0.376. The Morgan fingerprint density at radius 3 is 2.76 bits per heavy atom. The van der Waals surface area contributed by atoms with Gasteiger partial charge in [-0.1, -0.05) is 17.7 Å². The Balaban J connectivity index is 1.84. The lowest BCUT2D eigenvalue weighted by molar-refractivity contribution is 0.00553. The number of nitrogens with zero attached hydrogens (tertiary/aromatic N) is 1. The monoisotopic (exact) mass is 312 g/mol. The van der Waals surface area contributed by atoms with Crippen LogP contribution >= 0.6 is 11.6 Å². The number of hydrogen-bond acceptors (Lipinski definition) is 4. The van der Waals surface area contributed by atoms with Crippen molar-refractivity contribution in [2.45, 2.75) is 31.9 Å². The number of nitrogens with two attached hydrogens (primary N) is 1. The highest BCUT2D eigenvalue weighted by Crippen LogP contribution is 2.28. The maximum absolute atomic E-state index is 6.30. The smallest absolute Gasteiger partial charge is 0.124 e. The second-order valence-electron chi connectivity index (χ2n) is 5.41. The van der Waals surface area contributed by atoms with Crippen molar-refractivity contribution in [1.82, 2.24) is 4.90 Å². The Bertz CT molecular complexity index is 434. The lowest BCUT2D eigenvalue weighted by atomic mass is 10.1. The summed E-state index contributed by atoms with van der Waals surface area (Å²) in [5.41, 5.74) is 6.55. The summed E-state index contributed by atoms with van der Waals surface area (Å²) in [5, 5.41) is 0.774. The quantitative estimate of drug-likeness (QED) is 0.786. The fourth-order valence-electron chi connectivity index (χ4n) is 2.67. The molecule has 0 unspecified atom stereocenters. The SMILES string of the molecule is COc1cccc(Cl)c1CN1CCC(OCCCN)CC1. The predicted molar refractivity (Wildman–Crippen MR) is 85.9 cm³/mol. The first kappa shape index (κ1) is 16.6. The van der Waals surface area contributed by atoms with Crippen LogP contribution in [-0.4, -0.2) is 44.4 Å². The Morgan fingerprint density at radius 1 is 1.33 bits per heavy atom. The van der Waals surface area contributed by atoms with Gasteiger partial charge in [-0.3, -0.25) is 4.90 Å². The molecular weight excluding hydrogens is 288 g/mol. The van der Waals surface area contributed by atoms with Crippen LogP contribution in [-0.2, 0) is 11.3 Å². The second-order valence-corrected chi connectivity index (χ2v) is 5.82. The molecule has 0 spiro atoms. The fourth-order valence-corrected chi connectivity index (χ4v) is 2.90. The highest BCUT2D eigenvalue weighted by molar-refractivity contribution is 6.31. The van der Waals surface area contributed by atoms with Gasteiger partial charge in [0.2, 0.25) is 0 Å². The third-order valence-corrected chi connectivity index (χ3v) is 4.27. The molecule has 1 heterocycles. The van der Waals surface area contributed by atoms with Gasteiger partial charge in [-0.2, -0.15) is 0 Å². The largest absolute Gasteiger partial charge is 0.496 e. The molecule has 118 valence electrons. The second kappa shape index (κ2) is 8.59. The number of halogens is 1. The maximum Gasteiger partial charge on any atom is 0.124 e. The molecule has 5 heteroatoms. The molecule has 0 radical (unpaired) electrons. The summed E-state index contributed by atoms with van der Waals surface area (Å²) in [6.45, 7) is 4.37. The van der Waals surface area contributed by atoms with Crippen LogP contribution in [0.25, 0.3) is 0 Å². The van der Waals surface area contributed by atoms with Crippen molar-refractivity contribution in [3.05, 3.63) is 28.8 Å². The molecule has 0 aliphatic carbocycles. The van der Waals surface area contributed by atoms with E-state index < -0.39 is 0 Å².